The first-order chi connectivity index (χ1) is 47.3. The molecule has 6 aliphatic rings. The van der Waals surface area contributed by atoms with E-state index >= 15 is 0 Å². The van der Waals surface area contributed by atoms with Gasteiger partial charge in [-0.2, -0.15) is 11.4 Å². The van der Waals surface area contributed by atoms with Gasteiger partial charge in [0.1, 0.15) is 53.2 Å². The number of amides is 5. The quantitative estimate of drug-likeness (QED) is 0.0417. The van der Waals surface area contributed by atoms with E-state index in [9.17, 15) is 33.9 Å². The van der Waals surface area contributed by atoms with Gasteiger partial charge in [-0.3, -0.25) is 24.0 Å². The number of carboxylic acid groups (broad SMARTS) is 1. The SMILES string of the molecule is NOc1ccccc1.O=C1N[C@]2(C(=O)NOc3ccccc3)C[C@H]2/C=C\CCCCC[C@H](Nc2ccccc2)C(=O)N2C[C@H](Oc3nc4ccccc4s3)C[C@@H]12.O=C1N[C@]2(C(=O)O)C[C@H]2/C=C\CCCCC[C@H](Nc2ccccc2)C(=O)N2C[C@H](Oc3nc4ccccc4s3)C[C@@H]12. The highest BCUT2D eigenvalue weighted by Crippen LogP contribution is 2.47. The number of ether oxygens (including phenoxy) is 2. The van der Waals surface area contributed by atoms with Crippen molar-refractivity contribution in [1.82, 2.24) is 35.9 Å². The monoisotopic (exact) mass is 1350 g/mol. The van der Waals surface area contributed by atoms with E-state index in [1.165, 1.54) is 22.7 Å². The van der Waals surface area contributed by atoms with Crippen molar-refractivity contribution in [3.63, 3.8) is 0 Å². The van der Waals surface area contributed by atoms with E-state index in [-0.39, 0.29) is 49.6 Å². The fraction of sp³-hybridized carbons (Fsp3) is 0.351. The van der Waals surface area contributed by atoms with Gasteiger partial charge in [0, 0.05) is 36.1 Å². The second kappa shape index (κ2) is 31.4. The maximum Gasteiger partial charge on any atom is 0.330 e. The van der Waals surface area contributed by atoms with Gasteiger partial charge in [0.15, 0.2) is 5.75 Å². The van der Waals surface area contributed by atoms with Crippen LogP contribution < -0.4 is 51.8 Å². The molecule has 14 rings (SSSR count). The Kier molecular flexibility index (Phi) is 21.7. The van der Waals surface area contributed by atoms with Crippen molar-refractivity contribution < 1.29 is 53.0 Å². The lowest BCUT2D eigenvalue weighted by Crippen LogP contribution is -2.57. The number of nitrogens with one attached hydrogen (secondary N) is 5. The van der Waals surface area contributed by atoms with Crippen LogP contribution in [0.25, 0.3) is 20.4 Å². The fourth-order valence-corrected chi connectivity index (χ4v) is 14.8. The summed E-state index contributed by atoms with van der Waals surface area (Å²) in [4.78, 5) is 105. The minimum atomic E-state index is -1.34. The van der Waals surface area contributed by atoms with Crippen molar-refractivity contribution in [2.45, 2.75) is 137 Å². The molecule has 0 spiro atoms. The van der Waals surface area contributed by atoms with E-state index in [4.69, 9.17) is 20.2 Å². The van der Waals surface area contributed by atoms with E-state index in [0.717, 1.165) is 83.2 Å². The second-order valence-electron chi connectivity index (χ2n) is 25.2. The molecule has 4 fully saturated rings. The highest BCUT2D eigenvalue weighted by atomic mass is 32.1. The lowest BCUT2D eigenvalue weighted by atomic mass is 10.0. The number of benzene rings is 6. The van der Waals surface area contributed by atoms with Crippen molar-refractivity contribution in [2.24, 2.45) is 17.7 Å². The van der Waals surface area contributed by atoms with Crippen LogP contribution in [0, 0.1) is 11.8 Å². The summed E-state index contributed by atoms with van der Waals surface area (Å²) in [6, 6.07) is 50.2. The fourth-order valence-electron chi connectivity index (χ4n) is 13.1. The van der Waals surface area contributed by atoms with E-state index in [0.29, 0.717) is 47.6 Å². The summed E-state index contributed by atoms with van der Waals surface area (Å²) in [6.45, 7) is 0.433. The molecule has 0 bridgehead atoms. The molecule has 6 heterocycles. The topological polar surface area (TPSA) is 278 Å². The zero-order chi connectivity index (χ0) is 67.1. The molecule has 2 aliphatic carbocycles. The normalized spacial score (nSPS) is 26.3. The number of hydrogen-bond acceptors (Lipinski definition) is 17. The number of allylic oxidation sites excluding steroid dienone is 2. The smallest absolute Gasteiger partial charge is 0.330 e. The number of rotatable bonds is 13. The summed E-state index contributed by atoms with van der Waals surface area (Å²) in [5.74, 6) is 2.88. The first kappa shape index (κ1) is 67.2. The zero-order valence-corrected chi connectivity index (χ0v) is 55.3. The molecule has 4 aliphatic heterocycles. The largest absolute Gasteiger partial charge is 0.479 e. The lowest BCUT2D eigenvalue weighted by molar-refractivity contribution is -0.145. The Morgan fingerprint density at radius 3 is 1.41 bits per heavy atom. The number of aliphatic carboxylic acids is 1. The molecular formula is C74H80N10O11S2. The number of fused-ring (bicyclic) bond motifs is 6. The van der Waals surface area contributed by atoms with Gasteiger partial charge in [0.25, 0.3) is 16.3 Å². The number of nitrogens with two attached hydrogens (primary N) is 1. The van der Waals surface area contributed by atoms with Crippen LogP contribution in [0.15, 0.2) is 194 Å². The molecule has 5 amide bonds. The summed E-state index contributed by atoms with van der Waals surface area (Å²) in [5, 5.41) is 23.8. The molecule has 0 unspecified atom stereocenters. The third kappa shape index (κ3) is 16.7. The Morgan fingerprint density at radius 2 is 0.959 bits per heavy atom. The van der Waals surface area contributed by atoms with Crippen LogP contribution in [0.4, 0.5) is 11.4 Å². The number of carbonyl (C=O) groups excluding carboxylic acids is 5. The average Bonchev–Trinajstić information content (AvgIpc) is 1.59. The van der Waals surface area contributed by atoms with Crippen LogP contribution >= 0.6 is 22.7 Å². The zero-order valence-electron chi connectivity index (χ0n) is 53.6. The van der Waals surface area contributed by atoms with E-state index in [2.05, 4.69) is 47.6 Å². The van der Waals surface area contributed by atoms with Crippen LogP contribution in [0.2, 0.25) is 0 Å². The predicted octanol–water partition coefficient (Wildman–Crippen LogP) is 11.2. The van der Waals surface area contributed by atoms with Crippen molar-refractivity contribution in [3.8, 4) is 21.9 Å². The van der Waals surface area contributed by atoms with Crippen LogP contribution in [0.3, 0.4) is 0 Å². The van der Waals surface area contributed by atoms with Gasteiger partial charge in [0.2, 0.25) is 23.6 Å². The van der Waals surface area contributed by atoms with Gasteiger partial charge in [-0.05, 0) is 124 Å². The Morgan fingerprint density at radius 1 is 0.536 bits per heavy atom. The van der Waals surface area contributed by atoms with Gasteiger partial charge < -0.3 is 55.3 Å². The summed E-state index contributed by atoms with van der Waals surface area (Å²) in [7, 11) is 0. The van der Waals surface area contributed by atoms with Crippen molar-refractivity contribution >= 4 is 90.0 Å². The second-order valence-corrected chi connectivity index (χ2v) is 27.2. The summed E-state index contributed by atoms with van der Waals surface area (Å²) in [6.07, 6.45) is 16.9. The Labute approximate surface area is 570 Å². The number of para-hydroxylation sites is 6. The van der Waals surface area contributed by atoms with Gasteiger partial charge >= 0.3 is 5.97 Å². The number of carboxylic acids is 1. The van der Waals surface area contributed by atoms with Crippen molar-refractivity contribution in [1.29, 1.82) is 0 Å². The molecule has 2 saturated heterocycles. The number of hydroxylamine groups is 1. The first-order valence-electron chi connectivity index (χ1n) is 33.3. The number of aromatic nitrogens is 2. The van der Waals surface area contributed by atoms with Gasteiger partial charge in [0.05, 0.1) is 33.5 Å². The standard InChI is InChI=1S/C37H39N5O5S.C31H34N4O5S.C6H7NO/c43-33-31-22-28(46-36-39-29-19-12-13-21-32(29)48-36)24-42(31)34(44)30(38-26-15-7-4-8-16-26)20-11-3-1-2-6-14-25-23-37(25,40-33)35(45)41-47-27-17-9-5-10-18-27;36-27-25-17-22(40-30-33-23-14-9-10-16-26(23)41-30)19-35(25)28(37)24(32-21-12-6-4-7-13-21)15-8-3-1-2-5-11-20-18-31(20,34-27)29(38)39;7-8-6-4-2-1-3-5-6/h4-10,12-19,21,25,28,30-31,38H,1-3,11,20,22-24H2,(H,40,43)(H,41,45);4-7,9-14,16,20,22,24-25,32H,1-3,8,15,17-19H2,(H,34,36)(H,38,39);1-5H,7H2/b14-6-;11-5-;/t25-,28-,30+,31+,37-;20-,22-,24+,25+,31-;/m11./s1. The lowest BCUT2D eigenvalue weighted by Gasteiger charge is -2.30. The maximum atomic E-state index is 14.4. The van der Waals surface area contributed by atoms with E-state index in [1.807, 2.05) is 164 Å². The third-order valence-electron chi connectivity index (χ3n) is 18.5. The molecule has 23 heteroatoms. The summed E-state index contributed by atoms with van der Waals surface area (Å²) >= 11 is 2.86. The number of nitrogens with zero attached hydrogens (tertiary/aromatic N) is 4. The van der Waals surface area contributed by atoms with Crippen LogP contribution in [0.1, 0.15) is 89.9 Å². The highest BCUT2D eigenvalue weighted by Gasteiger charge is 2.63. The summed E-state index contributed by atoms with van der Waals surface area (Å²) in [5.41, 5.74) is 3.38. The number of carbonyl (C=O) groups is 6. The Balaban J connectivity index is 0.000000167. The maximum absolute atomic E-state index is 14.4. The molecule has 8 aromatic rings. The highest BCUT2D eigenvalue weighted by molar-refractivity contribution is 7.20. The molecule has 21 nitrogen and oxygen atoms in total. The summed E-state index contributed by atoms with van der Waals surface area (Å²) < 4.78 is 14.6. The van der Waals surface area contributed by atoms with Gasteiger partial charge in [-0.1, -0.05) is 170 Å². The minimum Gasteiger partial charge on any atom is -0.479 e. The van der Waals surface area contributed by atoms with E-state index in [1.54, 1.807) is 34.1 Å². The van der Waals surface area contributed by atoms with E-state index < -0.39 is 71.1 Å². The molecule has 2 saturated carbocycles. The van der Waals surface area contributed by atoms with Gasteiger partial charge in [-0.25, -0.2) is 14.8 Å². The molecular weight excluding hydrogens is 1270 g/mol. The third-order valence-corrected chi connectivity index (χ3v) is 20.3. The Hall–Kier alpha value is -9.84. The molecule has 0 radical (unpaired) electrons. The predicted molar refractivity (Wildman–Crippen MR) is 373 cm³/mol. The number of thiazole rings is 2. The van der Waals surface area contributed by atoms with Crippen molar-refractivity contribution in [3.05, 3.63) is 194 Å². The molecule has 504 valence electrons. The number of hydrogen-bond donors (Lipinski definition) is 7. The molecule has 8 N–H and O–H groups in total. The first-order valence-corrected chi connectivity index (χ1v) is 34.9. The average molecular weight is 1350 g/mol. The number of anilines is 2. The minimum absolute atomic E-state index is 0.166. The van der Waals surface area contributed by atoms with Gasteiger partial charge in [-0.15, -0.1) is 0 Å². The van der Waals surface area contributed by atoms with Crippen LogP contribution in [0.5, 0.6) is 21.9 Å². The molecule has 6 aromatic carbocycles. The molecule has 97 heavy (non-hydrogen) atoms. The molecule has 2 aromatic heterocycles. The van der Waals surface area contributed by atoms with Crippen LogP contribution in [-0.2, 0) is 28.8 Å². The van der Waals surface area contributed by atoms with Crippen molar-refractivity contribution in [2.75, 3.05) is 23.7 Å². The Bertz CT molecular complexity index is 4010. The van der Waals surface area contributed by atoms with Crippen LogP contribution in [-0.4, -0.2) is 121 Å². The molecule has 10 atom stereocenters.